The van der Waals surface area contributed by atoms with Crippen molar-refractivity contribution in [2.45, 2.75) is 13.3 Å². The molecule has 0 amide bonds. The number of H-pyrrole nitrogens is 1. The van der Waals surface area contributed by atoms with Gasteiger partial charge < -0.3 is 4.98 Å². The molecule has 1 rings (SSSR count). The Morgan fingerprint density at radius 2 is 2.56 bits per heavy atom. The highest BCUT2D eigenvalue weighted by atomic mass is 14.7. The molecule has 1 heteroatoms. The van der Waals surface area contributed by atoms with Gasteiger partial charge in [-0.2, -0.15) is 0 Å². The maximum Gasteiger partial charge on any atom is 0.0377 e. The first-order valence-electron chi connectivity index (χ1n) is 3.23. The highest BCUT2D eigenvalue weighted by molar-refractivity contribution is 5.43. The molecule has 0 saturated carbocycles. The van der Waals surface area contributed by atoms with Gasteiger partial charge in [-0.25, -0.2) is 0 Å². The minimum atomic E-state index is 1.10. The van der Waals surface area contributed by atoms with E-state index in [2.05, 4.69) is 24.1 Å². The lowest BCUT2D eigenvalue weighted by atomic mass is 10.3. The molecule has 1 aromatic rings. The maximum absolute atomic E-state index is 3.09. The van der Waals surface area contributed by atoms with Crippen molar-refractivity contribution in [3.63, 3.8) is 0 Å². The molecular weight excluding hydrogens is 110 g/mol. The van der Waals surface area contributed by atoms with Crippen LogP contribution in [-0.4, -0.2) is 4.98 Å². The molecule has 1 N–H and O–H groups in total. The van der Waals surface area contributed by atoms with Crippen LogP contribution < -0.4 is 0 Å². The fraction of sp³-hybridized carbons (Fsp3) is 0.250. The molecule has 0 atom stereocenters. The third-order valence-electron chi connectivity index (χ3n) is 1.16. The number of aromatic nitrogens is 1. The van der Waals surface area contributed by atoms with E-state index in [4.69, 9.17) is 0 Å². The predicted octanol–water partition coefficient (Wildman–Crippen LogP) is 2.44. The molecule has 0 bridgehead atoms. The Bertz CT molecular complexity index is 172. The van der Waals surface area contributed by atoms with Crippen LogP contribution in [0.4, 0.5) is 0 Å². The summed E-state index contributed by atoms with van der Waals surface area (Å²) < 4.78 is 0. The monoisotopic (exact) mass is 121 g/mol. The standard InChI is InChI=1S/C8H11N/c1-2-3-5-8-6-4-7-9-8/h3-7,9H,2H2,1H3. The van der Waals surface area contributed by atoms with Crippen LogP contribution in [0.1, 0.15) is 19.0 Å². The smallest absolute Gasteiger partial charge is 0.0377 e. The number of hydrogen-bond acceptors (Lipinski definition) is 0. The van der Waals surface area contributed by atoms with Crippen molar-refractivity contribution in [3.05, 3.63) is 30.1 Å². The number of aromatic amines is 1. The zero-order valence-corrected chi connectivity index (χ0v) is 5.59. The van der Waals surface area contributed by atoms with E-state index in [1.165, 1.54) is 5.69 Å². The lowest BCUT2D eigenvalue weighted by Gasteiger charge is -1.80. The van der Waals surface area contributed by atoms with Crippen molar-refractivity contribution in [2.24, 2.45) is 0 Å². The normalized spacial score (nSPS) is 10.8. The second-order valence-electron chi connectivity index (χ2n) is 1.94. The molecule has 1 heterocycles. The van der Waals surface area contributed by atoms with Crippen molar-refractivity contribution >= 4 is 6.08 Å². The maximum atomic E-state index is 3.09. The summed E-state index contributed by atoms with van der Waals surface area (Å²) in [4.78, 5) is 3.09. The van der Waals surface area contributed by atoms with Gasteiger partial charge in [0.25, 0.3) is 0 Å². The van der Waals surface area contributed by atoms with Gasteiger partial charge >= 0.3 is 0 Å². The van der Waals surface area contributed by atoms with Crippen LogP contribution in [-0.2, 0) is 0 Å². The molecule has 0 saturated heterocycles. The predicted molar refractivity (Wildman–Crippen MR) is 40.1 cm³/mol. The van der Waals surface area contributed by atoms with Crippen molar-refractivity contribution in [3.8, 4) is 0 Å². The average Bonchev–Trinajstić information content (AvgIpc) is 2.34. The Kier molecular flexibility index (Phi) is 2.13. The summed E-state index contributed by atoms with van der Waals surface area (Å²) in [5.74, 6) is 0. The van der Waals surface area contributed by atoms with Gasteiger partial charge in [0.1, 0.15) is 0 Å². The fourth-order valence-electron chi connectivity index (χ4n) is 0.693. The van der Waals surface area contributed by atoms with Crippen molar-refractivity contribution in [1.82, 2.24) is 4.98 Å². The first-order chi connectivity index (χ1) is 4.43. The van der Waals surface area contributed by atoms with Gasteiger partial charge in [-0.1, -0.05) is 13.0 Å². The molecule has 0 unspecified atom stereocenters. The largest absolute Gasteiger partial charge is 0.362 e. The summed E-state index contributed by atoms with van der Waals surface area (Å²) in [5.41, 5.74) is 1.18. The van der Waals surface area contributed by atoms with Gasteiger partial charge in [-0.15, -0.1) is 0 Å². The molecule has 0 aliphatic heterocycles. The second kappa shape index (κ2) is 3.13. The quantitative estimate of drug-likeness (QED) is 0.618. The molecule has 1 aromatic heterocycles. The highest BCUT2D eigenvalue weighted by Crippen LogP contribution is 1.97. The van der Waals surface area contributed by atoms with Crippen molar-refractivity contribution in [2.75, 3.05) is 0 Å². The molecule has 0 aromatic carbocycles. The van der Waals surface area contributed by atoms with Crippen LogP contribution >= 0.6 is 0 Å². The Morgan fingerprint density at radius 1 is 1.67 bits per heavy atom. The molecule has 1 nitrogen and oxygen atoms in total. The lowest BCUT2D eigenvalue weighted by Crippen LogP contribution is -1.65. The van der Waals surface area contributed by atoms with E-state index in [0.717, 1.165) is 6.42 Å². The molecule has 0 aliphatic carbocycles. The van der Waals surface area contributed by atoms with Gasteiger partial charge in [0.05, 0.1) is 0 Å². The number of nitrogens with one attached hydrogen (secondary N) is 1. The SMILES string of the molecule is CCC=Cc1ccc[nH]1. The third kappa shape index (κ3) is 1.76. The zero-order valence-electron chi connectivity index (χ0n) is 5.59. The molecule has 9 heavy (non-hydrogen) atoms. The molecule has 48 valence electrons. The average molecular weight is 121 g/mol. The van der Waals surface area contributed by atoms with Crippen molar-refractivity contribution in [1.29, 1.82) is 0 Å². The van der Waals surface area contributed by atoms with E-state index < -0.39 is 0 Å². The number of hydrogen-bond donors (Lipinski definition) is 1. The molecule has 0 fully saturated rings. The van der Waals surface area contributed by atoms with E-state index in [9.17, 15) is 0 Å². The van der Waals surface area contributed by atoms with Crippen LogP contribution in [0.2, 0.25) is 0 Å². The van der Waals surface area contributed by atoms with E-state index in [1.807, 2.05) is 18.3 Å². The topological polar surface area (TPSA) is 15.8 Å². The minimum absolute atomic E-state index is 1.10. The molecule has 0 aliphatic rings. The summed E-state index contributed by atoms with van der Waals surface area (Å²) in [6.07, 6.45) is 7.24. The number of allylic oxidation sites excluding steroid dienone is 1. The lowest BCUT2D eigenvalue weighted by molar-refractivity contribution is 1.23. The van der Waals surface area contributed by atoms with Crippen LogP contribution in [0.25, 0.3) is 6.08 Å². The summed E-state index contributed by atoms with van der Waals surface area (Å²) in [6.45, 7) is 2.12. The number of rotatable bonds is 2. The Balaban J connectivity index is 2.57. The van der Waals surface area contributed by atoms with Crippen LogP contribution in [0.5, 0.6) is 0 Å². The molecule has 0 spiro atoms. The first kappa shape index (κ1) is 6.14. The van der Waals surface area contributed by atoms with E-state index in [1.54, 1.807) is 0 Å². The van der Waals surface area contributed by atoms with Crippen LogP contribution in [0.3, 0.4) is 0 Å². The van der Waals surface area contributed by atoms with Crippen LogP contribution in [0.15, 0.2) is 24.4 Å². The van der Waals surface area contributed by atoms with Crippen molar-refractivity contribution < 1.29 is 0 Å². The summed E-state index contributed by atoms with van der Waals surface area (Å²) in [7, 11) is 0. The first-order valence-corrected chi connectivity index (χ1v) is 3.23. The van der Waals surface area contributed by atoms with Gasteiger partial charge in [0.2, 0.25) is 0 Å². The Labute approximate surface area is 55.4 Å². The van der Waals surface area contributed by atoms with E-state index in [0.29, 0.717) is 0 Å². The van der Waals surface area contributed by atoms with Gasteiger partial charge in [-0.05, 0) is 24.6 Å². The van der Waals surface area contributed by atoms with Gasteiger partial charge in [0.15, 0.2) is 0 Å². The summed E-state index contributed by atoms with van der Waals surface area (Å²) >= 11 is 0. The third-order valence-corrected chi connectivity index (χ3v) is 1.16. The summed E-state index contributed by atoms with van der Waals surface area (Å²) in [5, 5.41) is 0. The minimum Gasteiger partial charge on any atom is -0.362 e. The van der Waals surface area contributed by atoms with Crippen LogP contribution in [0, 0.1) is 0 Å². The highest BCUT2D eigenvalue weighted by Gasteiger charge is 1.79. The molecule has 0 radical (unpaired) electrons. The second-order valence-corrected chi connectivity index (χ2v) is 1.94. The Hall–Kier alpha value is -0.980. The zero-order chi connectivity index (χ0) is 6.53. The summed E-state index contributed by atoms with van der Waals surface area (Å²) in [6, 6.07) is 4.04. The Morgan fingerprint density at radius 3 is 3.11 bits per heavy atom. The van der Waals surface area contributed by atoms with Gasteiger partial charge in [-0.3, -0.25) is 0 Å². The van der Waals surface area contributed by atoms with E-state index in [-0.39, 0.29) is 0 Å². The fourth-order valence-corrected chi connectivity index (χ4v) is 0.693. The molecular formula is C8H11N. The van der Waals surface area contributed by atoms with E-state index >= 15 is 0 Å². The van der Waals surface area contributed by atoms with Gasteiger partial charge in [0, 0.05) is 11.9 Å².